The molecule has 0 aromatic rings. The average Bonchev–Trinajstić information content (AvgIpc) is 1.97. The number of aliphatic hydroxyl groups excluding tert-OH is 1. The van der Waals surface area contributed by atoms with Gasteiger partial charge in [-0.3, -0.25) is 0 Å². The summed E-state index contributed by atoms with van der Waals surface area (Å²) in [6.07, 6.45) is 2.71. The van der Waals surface area contributed by atoms with E-state index < -0.39 is 11.7 Å². The maximum atomic E-state index is 9.45. The minimum Gasteiger partial charge on any atom is -0.390 e. The molecule has 0 heterocycles. The van der Waals surface area contributed by atoms with Crippen molar-refractivity contribution in [1.82, 2.24) is 0 Å². The molecule has 0 saturated heterocycles. The van der Waals surface area contributed by atoms with Gasteiger partial charge in [-0.15, -0.1) is 6.58 Å². The summed E-state index contributed by atoms with van der Waals surface area (Å²) in [6.45, 7) is 8.94. The molecule has 0 aliphatic rings. The minimum atomic E-state index is -0.985. The largest absolute Gasteiger partial charge is 0.390 e. The number of allylic oxidation sites excluding steroid dienone is 1. The van der Waals surface area contributed by atoms with Crippen LogP contribution in [-0.2, 0) is 0 Å². The summed E-state index contributed by atoms with van der Waals surface area (Å²) in [5.41, 5.74) is -0.985. The van der Waals surface area contributed by atoms with Crippen molar-refractivity contribution in [2.45, 2.75) is 45.3 Å². The van der Waals surface area contributed by atoms with Gasteiger partial charge in [-0.2, -0.15) is 0 Å². The Bertz CT molecular complexity index is 135. The second kappa shape index (κ2) is 4.63. The van der Waals surface area contributed by atoms with E-state index in [1.54, 1.807) is 13.8 Å². The Balaban J connectivity index is 3.71. The summed E-state index contributed by atoms with van der Waals surface area (Å²) in [6, 6.07) is 0. The van der Waals surface area contributed by atoms with E-state index in [0.29, 0.717) is 12.3 Å². The third-order valence-corrected chi connectivity index (χ3v) is 2.11. The zero-order valence-corrected chi connectivity index (χ0v) is 8.25. The van der Waals surface area contributed by atoms with Crippen molar-refractivity contribution in [2.75, 3.05) is 0 Å². The van der Waals surface area contributed by atoms with Gasteiger partial charge in [0.25, 0.3) is 0 Å². The lowest BCUT2D eigenvalue weighted by atomic mass is 9.94. The van der Waals surface area contributed by atoms with Crippen molar-refractivity contribution >= 4 is 0 Å². The lowest BCUT2D eigenvalue weighted by Gasteiger charge is -2.24. The van der Waals surface area contributed by atoms with Crippen molar-refractivity contribution in [1.29, 1.82) is 0 Å². The average molecular weight is 172 g/mol. The third-order valence-electron chi connectivity index (χ3n) is 2.11. The summed E-state index contributed by atoms with van der Waals surface area (Å²) in [5, 5.41) is 18.8. The molecule has 0 aliphatic carbocycles. The highest BCUT2D eigenvalue weighted by atomic mass is 16.3. The van der Waals surface area contributed by atoms with Crippen LogP contribution in [0.2, 0.25) is 0 Å². The molecule has 0 amide bonds. The van der Waals surface area contributed by atoms with Crippen molar-refractivity contribution < 1.29 is 10.2 Å². The van der Waals surface area contributed by atoms with Gasteiger partial charge < -0.3 is 10.2 Å². The van der Waals surface area contributed by atoms with Gasteiger partial charge in [0.05, 0.1) is 11.7 Å². The molecule has 2 N–H and O–H groups in total. The van der Waals surface area contributed by atoms with E-state index in [4.69, 9.17) is 0 Å². The molecule has 0 aliphatic heterocycles. The van der Waals surface area contributed by atoms with E-state index in [-0.39, 0.29) is 0 Å². The fraction of sp³-hybridized carbons (Fsp3) is 0.800. The zero-order chi connectivity index (χ0) is 9.78. The maximum Gasteiger partial charge on any atom is 0.0849 e. The molecule has 0 bridgehead atoms. The Hall–Kier alpha value is -0.340. The van der Waals surface area contributed by atoms with Gasteiger partial charge in [0.2, 0.25) is 0 Å². The standard InChI is InChI=1S/C10H20O2/c1-5-8(2)6-7-9(11)10(3,4)12/h5,8-9,11-12H,1,6-7H2,2-4H3. The van der Waals surface area contributed by atoms with Crippen LogP contribution >= 0.6 is 0 Å². The molecule has 0 aromatic carbocycles. The Morgan fingerprint density at radius 1 is 1.42 bits per heavy atom. The van der Waals surface area contributed by atoms with E-state index >= 15 is 0 Å². The number of aliphatic hydroxyl groups is 2. The molecular weight excluding hydrogens is 152 g/mol. The molecule has 0 radical (unpaired) electrons. The van der Waals surface area contributed by atoms with Crippen molar-refractivity contribution in [3.05, 3.63) is 12.7 Å². The van der Waals surface area contributed by atoms with Gasteiger partial charge in [-0.25, -0.2) is 0 Å². The Labute approximate surface area is 74.9 Å². The predicted octanol–water partition coefficient (Wildman–Crippen LogP) is 1.72. The molecule has 72 valence electrons. The SMILES string of the molecule is C=CC(C)CCC(O)C(C)(C)O. The van der Waals surface area contributed by atoms with Gasteiger partial charge in [0, 0.05) is 0 Å². The van der Waals surface area contributed by atoms with E-state index in [2.05, 4.69) is 6.58 Å². The van der Waals surface area contributed by atoms with Gasteiger partial charge in [0.1, 0.15) is 0 Å². The van der Waals surface area contributed by atoms with Gasteiger partial charge in [0.15, 0.2) is 0 Å². The first-order valence-electron chi connectivity index (χ1n) is 4.41. The van der Waals surface area contributed by atoms with Crippen molar-refractivity contribution in [3.8, 4) is 0 Å². The van der Waals surface area contributed by atoms with Crippen molar-refractivity contribution in [2.24, 2.45) is 5.92 Å². The lowest BCUT2D eigenvalue weighted by Crippen LogP contribution is -2.35. The second-order valence-electron chi connectivity index (χ2n) is 3.96. The molecule has 0 saturated carbocycles. The quantitative estimate of drug-likeness (QED) is 0.620. The molecule has 2 nitrogen and oxygen atoms in total. The van der Waals surface area contributed by atoms with Crippen LogP contribution in [0.3, 0.4) is 0 Å². The summed E-state index contributed by atoms with van der Waals surface area (Å²) in [7, 11) is 0. The van der Waals surface area contributed by atoms with E-state index in [9.17, 15) is 10.2 Å². The molecule has 2 unspecified atom stereocenters. The first-order chi connectivity index (χ1) is 5.38. The topological polar surface area (TPSA) is 40.5 Å². The van der Waals surface area contributed by atoms with Crippen LogP contribution < -0.4 is 0 Å². The van der Waals surface area contributed by atoms with Gasteiger partial charge >= 0.3 is 0 Å². The molecule has 0 rings (SSSR count). The number of hydrogen-bond donors (Lipinski definition) is 2. The Kier molecular flexibility index (Phi) is 4.50. The van der Waals surface area contributed by atoms with Crippen LogP contribution in [0.15, 0.2) is 12.7 Å². The van der Waals surface area contributed by atoms with Crippen LogP contribution in [0.25, 0.3) is 0 Å². The van der Waals surface area contributed by atoms with Crippen LogP contribution in [0.4, 0.5) is 0 Å². The molecule has 0 spiro atoms. The van der Waals surface area contributed by atoms with E-state index in [0.717, 1.165) is 6.42 Å². The Morgan fingerprint density at radius 2 is 1.92 bits per heavy atom. The highest BCUT2D eigenvalue weighted by Crippen LogP contribution is 2.16. The molecular formula is C10H20O2. The van der Waals surface area contributed by atoms with Gasteiger partial charge in [-0.05, 0) is 32.6 Å². The number of hydrogen-bond acceptors (Lipinski definition) is 2. The molecule has 0 aromatic heterocycles. The molecule has 2 atom stereocenters. The van der Waals surface area contributed by atoms with Crippen LogP contribution in [0.1, 0.15) is 33.6 Å². The highest BCUT2D eigenvalue weighted by molar-refractivity contribution is 4.80. The Morgan fingerprint density at radius 3 is 2.25 bits per heavy atom. The zero-order valence-electron chi connectivity index (χ0n) is 8.25. The molecule has 12 heavy (non-hydrogen) atoms. The van der Waals surface area contributed by atoms with Crippen LogP contribution in [0.5, 0.6) is 0 Å². The lowest BCUT2D eigenvalue weighted by molar-refractivity contribution is -0.0528. The summed E-state index contributed by atoms with van der Waals surface area (Å²) in [5.74, 6) is 0.405. The van der Waals surface area contributed by atoms with Crippen molar-refractivity contribution in [3.63, 3.8) is 0 Å². The summed E-state index contributed by atoms with van der Waals surface area (Å²) in [4.78, 5) is 0. The number of rotatable bonds is 5. The fourth-order valence-electron chi connectivity index (χ4n) is 0.892. The smallest absolute Gasteiger partial charge is 0.0849 e. The monoisotopic (exact) mass is 172 g/mol. The first kappa shape index (κ1) is 11.7. The predicted molar refractivity (Wildman–Crippen MR) is 50.9 cm³/mol. The normalized spacial score (nSPS) is 17.1. The molecule has 2 heteroatoms. The first-order valence-corrected chi connectivity index (χ1v) is 4.41. The highest BCUT2D eigenvalue weighted by Gasteiger charge is 2.23. The summed E-state index contributed by atoms with van der Waals surface area (Å²) >= 11 is 0. The second-order valence-corrected chi connectivity index (χ2v) is 3.96. The van der Waals surface area contributed by atoms with E-state index in [1.165, 1.54) is 0 Å². The van der Waals surface area contributed by atoms with Gasteiger partial charge in [-0.1, -0.05) is 13.0 Å². The van der Waals surface area contributed by atoms with Crippen LogP contribution in [0, 0.1) is 5.92 Å². The maximum absolute atomic E-state index is 9.45. The molecule has 0 fully saturated rings. The minimum absolute atomic E-state index is 0.405. The van der Waals surface area contributed by atoms with E-state index in [1.807, 2.05) is 13.0 Å². The fourth-order valence-corrected chi connectivity index (χ4v) is 0.892. The van der Waals surface area contributed by atoms with Crippen LogP contribution in [-0.4, -0.2) is 21.9 Å². The summed E-state index contributed by atoms with van der Waals surface area (Å²) < 4.78 is 0. The third kappa shape index (κ3) is 4.52.